The minimum Gasteiger partial charge on any atom is -0.497 e. The summed E-state index contributed by atoms with van der Waals surface area (Å²) >= 11 is 0. The molecule has 2 amide bonds. The quantitative estimate of drug-likeness (QED) is 0.299. The molecule has 0 atom stereocenters. The van der Waals surface area contributed by atoms with Crippen LogP contribution in [-0.2, 0) is 14.4 Å². The molecule has 0 spiro atoms. The van der Waals surface area contributed by atoms with E-state index in [0.717, 1.165) is 16.2 Å². The number of hydrogen-bond donors (Lipinski definition) is 0. The fourth-order valence-corrected chi connectivity index (χ4v) is 2.61. The van der Waals surface area contributed by atoms with Crippen LogP contribution in [0.1, 0.15) is 26.3 Å². The second-order valence-corrected chi connectivity index (χ2v) is 5.81. The van der Waals surface area contributed by atoms with Gasteiger partial charge in [-0.1, -0.05) is 17.3 Å². The lowest BCUT2D eigenvalue weighted by Gasteiger charge is -2.13. The SMILES string of the molecule is COc1ccc(/C=N\OCC(=O)OCCN2C(=O)c3ccccc3C2=O)cc1. The number of amides is 2. The number of nitrogens with zero attached hydrogens (tertiary/aromatic N) is 2. The van der Waals surface area contributed by atoms with Gasteiger partial charge in [-0.25, -0.2) is 4.79 Å². The van der Waals surface area contributed by atoms with Crippen molar-refractivity contribution < 1.29 is 28.7 Å². The van der Waals surface area contributed by atoms with Crippen molar-refractivity contribution in [3.05, 3.63) is 65.2 Å². The maximum atomic E-state index is 12.2. The van der Waals surface area contributed by atoms with Gasteiger partial charge in [0.2, 0.25) is 6.61 Å². The topological polar surface area (TPSA) is 94.5 Å². The van der Waals surface area contributed by atoms with E-state index in [1.54, 1.807) is 55.6 Å². The van der Waals surface area contributed by atoms with E-state index in [9.17, 15) is 14.4 Å². The molecule has 0 saturated heterocycles. The molecule has 0 aromatic heterocycles. The summed E-state index contributed by atoms with van der Waals surface area (Å²) in [4.78, 5) is 42.0. The smallest absolute Gasteiger partial charge is 0.347 e. The van der Waals surface area contributed by atoms with Crippen LogP contribution in [0, 0.1) is 0 Å². The summed E-state index contributed by atoms with van der Waals surface area (Å²) in [6, 6.07) is 13.7. The van der Waals surface area contributed by atoms with Crippen LogP contribution in [0.2, 0.25) is 0 Å². The highest BCUT2D eigenvalue weighted by Gasteiger charge is 2.34. The molecule has 0 bridgehead atoms. The van der Waals surface area contributed by atoms with Crippen LogP contribution in [0.5, 0.6) is 5.75 Å². The van der Waals surface area contributed by atoms with Gasteiger partial charge in [-0.2, -0.15) is 0 Å². The van der Waals surface area contributed by atoms with Crippen LogP contribution in [0.15, 0.2) is 53.7 Å². The van der Waals surface area contributed by atoms with E-state index in [2.05, 4.69) is 5.16 Å². The molecule has 2 aromatic rings. The van der Waals surface area contributed by atoms with Gasteiger partial charge in [0.05, 0.1) is 31.0 Å². The highest BCUT2D eigenvalue weighted by molar-refractivity contribution is 6.21. The van der Waals surface area contributed by atoms with Crippen LogP contribution >= 0.6 is 0 Å². The Kier molecular flexibility index (Phi) is 6.01. The van der Waals surface area contributed by atoms with Gasteiger partial charge in [-0.15, -0.1) is 0 Å². The minimum absolute atomic E-state index is 0.0206. The normalized spacial score (nSPS) is 13.0. The van der Waals surface area contributed by atoms with Crippen LogP contribution < -0.4 is 4.74 Å². The van der Waals surface area contributed by atoms with E-state index in [4.69, 9.17) is 14.3 Å². The maximum Gasteiger partial charge on any atom is 0.347 e. The average Bonchev–Trinajstić information content (AvgIpc) is 2.97. The van der Waals surface area contributed by atoms with Gasteiger partial charge in [0.25, 0.3) is 11.8 Å². The number of carbonyl (C=O) groups excluding carboxylic acids is 3. The molecule has 144 valence electrons. The number of oxime groups is 1. The third-order valence-corrected chi connectivity index (χ3v) is 4.03. The molecule has 0 radical (unpaired) electrons. The maximum absolute atomic E-state index is 12.2. The van der Waals surface area contributed by atoms with Gasteiger partial charge in [0, 0.05) is 0 Å². The molecule has 2 aromatic carbocycles. The zero-order chi connectivity index (χ0) is 19.9. The number of fused-ring (bicyclic) bond motifs is 1. The third-order valence-electron chi connectivity index (χ3n) is 4.03. The van der Waals surface area contributed by atoms with Gasteiger partial charge in [-0.05, 0) is 42.0 Å². The Hall–Kier alpha value is -3.68. The van der Waals surface area contributed by atoms with Crippen molar-refractivity contribution in [3.63, 3.8) is 0 Å². The molecule has 0 aliphatic carbocycles. The molecule has 1 aliphatic rings. The monoisotopic (exact) mass is 382 g/mol. The Labute approximate surface area is 161 Å². The van der Waals surface area contributed by atoms with Crippen molar-refractivity contribution >= 4 is 24.0 Å². The predicted octanol–water partition coefficient (Wildman–Crippen LogP) is 1.89. The lowest BCUT2D eigenvalue weighted by atomic mass is 10.1. The summed E-state index contributed by atoms with van der Waals surface area (Å²) in [5.41, 5.74) is 1.49. The van der Waals surface area contributed by atoms with E-state index in [0.29, 0.717) is 11.1 Å². The third kappa shape index (κ3) is 4.35. The number of methoxy groups -OCH3 is 1. The first kappa shape index (κ1) is 19.1. The fraction of sp³-hybridized carbons (Fsp3) is 0.200. The Balaban J connectivity index is 1.39. The molecular formula is C20H18N2O6. The molecule has 1 heterocycles. The van der Waals surface area contributed by atoms with E-state index in [1.165, 1.54) is 6.21 Å². The van der Waals surface area contributed by atoms with Gasteiger partial charge >= 0.3 is 5.97 Å². The van der Waals surface area contributed by atoms with Crippen molar-refractivity contribution in [3.8, 4) is 5.75 Å². The minimum atomic E-state index is -0.650. The summed E-state index contributed by atoms with van der Waals surface area (Å²) in [7, 11) is 1.58. The number of ether oxygens (including phenoxy) is 2. The van der Waals surface area contributed by atoms with E-state index in [-0.39, 0.29) is 19.8 Å². The Morgan fingerprint density at radius 1 is 1.04 bits per heavy atom. The van der Waals surface area contributed by atoms with E-state index >= 15 is 0 Å². The summed E-state index contributed by atoms with van der Waals surface area (Å²) in [5.74, 6) is -0.711. The van der Waals surface area contributed by atoms with E-state index < -0.39 is 17.8 Å². The van der Waals surface area contributed by atoms with Crippen LogP contribution in [0.4, 0.5) is 0 Å². The van der Waals surface area contributed by atoms with Gasteiger partial charge < -0.3 is 14.3 Å². The first-order valence-corrected chi connectivity index (χ1v) is 8.50. The van der Waals surface area contributed by atoms with E-state index in [1.807, 2.05) is 0 Å². The number of hydrogen-bond acceptors (Lipinski definition) is 7. The summed E-state index contributed by atoms with van der Waals surface area (Å²) in [6.07, 6.45) is 1.45. The standard InChI is InChI=1S/C20H18N2O6/c1-26-15-8-6-14(7-9-15)12-21-28-13-18(23)27-11-10-22-19(24)16-4-2-3-5-17(16)20(22)25/h2-9,12H,10-11,13H2,1H3/b21-12-. The molecule has 0 N–H and O–H groups in total. The highest BCUT2D eigenvalue weighted by Crippen LogP contribution is 2.21. The predicted molar refractivity (Wildman–Crippen MR) is 99.3 cm³/mol. The highest BCUT2D eigenvalue weighted by atomic mass is 16.6. The Bertz CT molecular complexity index is 872. The average molecular weight is 382 g/mol. The lowest BCUT2D eigenvalue weighted by Crippen LogP contribution is -2.33. The first-order chi connectivity index (χ1) is 13.6. The molecule has 0 fully saturated rings. The van der Waals surface area contributed by atoms with Gasteiger partial charge in [0.15, 0.2) is 0 Å². The molecule has 3 rings (SSSR count). The number of esters is 1. The molecule has 0 unspecified atom stereocenters. The molecule has 1 aliphatic heterocycles. The summed E-state index contributed by atoms with van der Waals surface area (Å²) in [6.45, 7) is -0.516. The van der Waals surface area contributed by atoms with Crippen molar-refractivity contribution in [2.45, 2.75) is 0 Å². The number of rotatable bonds is 8. The summed E-state index contributed by atoms with van der Waals surface area (Å²) < 4.78 is 10.0. The molecule has 8 heteroatoms. The van der Waals surface area contributed by atoms with Gasteiger partial charge in [-0.3, -0.25) is 14.5 Å². The molecule has 28 heavy (non-hydrogen) atoms. The second-order valence-electron chi connectivity index (χ2n) is 5.81. The summed E-state index contributed by atoms with van der Waals surface area (Å²) in [5, 5.41) is 3.69. The molecular weight excluding hydrogens is 364 g/mol. The lowest BCUT2D eigenvalue weighted by molar-refractivity contribution is -0.149. The zero-order valence-corrected chi connectivity index (χ0v) is 15.2. The molecule has 8 nitrogen and oxygen atoms in total. The first-order valence-electron chi connectivity index (χ1n) is 8.50. The van der Waals surface area contributed by atoms with Crippen molar-refractivity contribution in [2.75, 3.05) is 26.9 Å². The van der Waals surface area contributed by atoms with Crippen LogP contribution in [0.25, 0.3) is 0 Å². The Morgan fingerprint density at radius 2 is 1.68 bits per heavy atom. The van der Waals surface area contributed by atoms with Crippen molar-refractivity contribution in [1.29, 1.82) is 0 Å². The fourth-order valence-electron chi connectivity index (χ4n) is 2.61. The number of carbonyl (C=O) groups is 3. The molecule has 0 saturated carbocycles. The van der Waals surface area contributed by atoms with Gasteiger partial charge in [0.1, 0.15) is 12.4 Å². The Morgan fingerprint density at radius 3 is 2.29 bits per heavy atom. The number of imide groups is 1. The zero-order valence-electron chi connectivity index (χ0n) is 15.2. The van der Waals surface area contributed by atoms with Crippen molar-refractivity contribution in [2.24, 2.45) is 5.16 Å². The van der Waals surface area contributed by atoms with Crippen molar-refractivity contribution in [1.82, 2.24) is 4.90 Å². The second kappa shape index (κ2) is 8.81. The number of benzene rings is 2. The largest absolute Gasteiger partial charge is 0.497 e. The van der Waals surface area contributed by atoms with Crippen LogP contribution in [0.3, 0.4) is 0 Å². The van der Waals surface area contributed by atoms with Crippen LogP contribution in [-0.4, -0.2) is 55.8 Å².